The molecule has 0 saturated heterocycles. The van der Waals surface area contributed by atoms with Crippen LogP contribution in [0.2, 0.25) is 0 Å². The Morgan fingerprint density at radius 2 is 1.81 bits per heavy atom. The number of phenols is 2. The number of phenolic OH excluding ortho intramolecular Hbond substituents is 2. The predicted octanol–water partition coefficient (Wildman–Crippen LogP) is 1.34. The van der Waals surface area contributed by atoms with Crippen LogP contribution in [0.15, 0.2) is 63.2 Å². The largest absolute Gasteiger partial charge is 0.508 e. The highest BCUT2D eigenvalue weighted by molar-refractivity contribution is 5.84. The average Bonchev–Trinajstić information content (AvgIpc) is 3.08. The van der Waals surface area contributed by atoms with Gasteiger partial charge in [0.15, 0.2) is 11.2 Å². The van der Waals surface area contributed by atoms with Crippen molar-refractivity contribution in [3.63, 3.8) is 0 Å². The van der Waals surface area contributed by atoms with Gasteiger partial charge >= 0.3 is 5.69 Å². The van der Waals surface area contributed by atoms with Gasteiger partial charge in [-0.2, -0.15) is 10.1 Å². The normalized spacial score (nSPS) is 11.4. The minimum Gasteiger partial charge on any atom is -0.508 e. The van der Waals surface area contributed by atoms with Crippen LogP contribution in [0.1, 0.15) is 11.1 Å². The minimum absolute atomic E-state index is 0.0642. The second-order valence-electron chi connectivity index (χ2n) is 7.00. The van der Waals surface area contributed by atoms with Crippen molar-refractivity contribution in [3.8, 4) is 11.5 Å². The molecule has 0 aliphatic carbocycles. The molecule has 0 bridgehead atoms. The van der Waals surface area contributed by atoms with Gasteiger partial charge in [0, 0.05) is 25.7 Å². The number of rotatable bonds is 5. The van der Waals surface area contributed by atoms with Crippen LogP contribution in [0.4, 0.5) is 5.95 Å². The van der Waals surface area contributed by atoms with Gasteiger partial charge in [-0.3, -0.25) is 13.9 Å². The fraction of sp³-hybridized carbons (Fsp3) is 0.143. The van der Waals surface area contributed by atoms with Crippen molar-refractivity contribution in [3.05, 3.63) is 80.5 Å². The zero-order valence-corrected chi connectivity index (χ0v) is 16.9. The summed E-state index contributed by atoms with van der Waals surface area (Å²) >= 11 is 0. The van der Waals surface area contributed by atoms with Crippen molar-refractivity contribution in [2.45, 2.75) is 6.54 Å². The molecule has 4 rings (SSSR count). The third kappa shape index (κ3) is 3.66. The molecule has 0 atom stereocenters. The standard InChI is InChI=1S/C21H20N6O4/c1-25-17-18(23-20(25)24-22-11-14-8-9-15(28)10-16(14)29)26(2)21(31)27(19(17)30)12-13-6-4-3-5-7-13/h3-11,28-29H,12H2,1-2H3,(H,23,24)/b22-11-. The molecule has 10 heteroatoms. The number of hydrazone groups is 1. The smallest absolute Gasteiger partial charge is 0.332 e. The van der Waals surface area contributed by atoms with E-state index in [1.807, 2.05) is 30.3 Å². The van der Waals surface area contributed by atoms with E-state index in [0.29, 0.717) is 5.56 Å². The van der Waals surface area contributed by atoms with Gasteiger partial charge in [0.25, 0.3) is 5.56 Å². The zero-order chi connectivity index (χ0) is 22.1. The first-order valence-corrected chi connectivity index (χ1v) is 9.38. The van der Waals surface area contributed by atoms with Crippen LogP contribution in [0.3, 0.4) is 0 Å². The number of anilines is 1. The van der Waals surface area contributed by atoms with Crippen molar-refractivity contribution in [2.24, 2.45) is 19.2 Å². The summed E-state index contributed by atoms with van der Waals surface area (Å²) in [5.74, 6) is 0.0430. The molecule has 0 radical (unpaired) electrons. The lowest BCUT2D eigenvalue weighted by molar-refractivity contribution is 0.450. The van der Waals surface area contributed by atoms with Gasteiger partial charge < -0.3 is 14.8 Å². The Balaban J connectivity index is 1.72. The Morgan fingerprint density at radius 1 is 1.06 bits per heavy atom. The molecule has 0 aliphatic heterocycles. The lowest BCUT2D eigenvalue weighted by Crippen LogP contribution is -2.39. The first-order valence-electron chi connectivity index (χ1n) is 9.38. The molecule has 0 spiro atoms. The maximum absolute atomic E-state index is 13.1. The van der Waals surface area contributed by atoms with E-state index in [1.54, 1.807) is 14.1 Å². The van der Waals surface area contributed by atoms with E-state index in [1.165, 1.54) is 38.1 Å². The number of fused-ring (bicyclic) bond motifs is 1. The lowest BCUT2D eigenvalue weighted by atomic mass is 10.2. The average molecular weight is 420 g/mol. The molecule has 31 heavy (non-hydrogen) atoms. The van der Waals surface area contributed by atoms with Crippen LogP contribution in [0.5, 0.6) is 11.5 Å². The number of aryl methyl sites for hydroxylation is 2. The number of nitrogens with zero attached hydrogens (tertiary/aromatic N) is 5. The van der Waals surface area contributed by atoms with Crippen LogP contribution in [0.25, 0.3) is 11.2 Å². The van der Waals surface area contributed by atoms with E-state index >= 15 is 0 Å². The molecule has 0 aliphatic rings. The SMILES string of the molecule is Cn1c(N/N=C\c2ccc(O)cc2O)nc2c1c(=O)n(Cc1ccccc1)c(=O)n2C. The molecular formula is C21H20N6O4. The number of hydrogen-bond acceptors (Lipinski definition) is 7. The van der Waals surface area contributed by atoms with Crippen LogP contribution in [-0.2, 0) is 20.6 Å². The van der Waals surface area contributed by atoms with Crippen LogP contribution in [-0.4, -0.2) is 35.1 Å². The highest BCUT2D eigenvalue weighted by Gasteiger charge is 2.18. The first kappa shape index (κ1) is 20.0. The Hall–Kier alpha value is -4.34. The molecular weight excluding hydrogens is 400 g/mol. The molecule has 2 heterocycles. The summed E-state index contributed by atoms with van der Waals surface area (Å²) in [7, 11) is 3.20. The lowest BCUT2D eigenvalue weighted by Gasteiger charge is -2.08. The molecule has 4 aromatic rings. The van der Waals surface area contributed by atoms with E-state index in [2.05, 4.69) is 15.5 Å². The third-order valence-electron chi connectivity index (χ3n) is 4.93. The van der Waals surface area contributed by atoms with Crippen molar-refractivity contribution in [1.82, 2.24) is 18.7 Å². The summed E-state index contributed by atoms with van der Waals surface area (Å²) in [6.45, 7) is 0.147. The van der Waals surface area contributed by atoms with Gasteiger partial charge in [-0.15, -0.1) is 0 Å². The maximum Gasteiger partial charge on any atom is 0.332 e. The quantitative estimate of drug-likeness (QED) is 0.330. The molecule has 0 unspecified atom stereocenters. The summed E-state index contributed by atoms with van der Waals surface area (Å²) in [6, 6.07) is 13.4. The number of hydrogen-bond donors (Lipinski definition) is 3. The molecule has 2 aromatic carbocycles. The Morgan fingerprint density at radius 3 is 2.52 bits per heavy atom. The fourth-order valence-corrected chi connectivity index (χ4v) is 3.25. The van der Waals surface area contributed by atoms with Gasteiger partial charge in [0.05, 0.1) is 12.8 Å². The molecule has 0 saturated carbocycles. The van der Waals surface area contributed by atoms with Crippen LogP contribution < -0.4 is 16.7 Å². The highest BCUT2D eigenvalue weighted by atomic mass is 16.3. The second kappa shape index (κ2) is 7.82. The Kier molecular flexibility index (Phi) is 5.04. The summed E-state index contributed by atoms with van der Waals surface area (Å²) in [6.07, 6.45) is 1.35. The van der Waals surface area contributed by atoms with Crippen molar-refractivity contribution in [2.75, 3.05) is 5.43 Å². The predicted molar refractivity (Wildman–Crippen MR) is 117 cm³/mol. The van der Waals surface area contributed by atoms with E-state index in [9.17, 15) is 19.8 Å². The summed E-state index contributed by atoms with van der Waals surface area (Å²) in [5.41, 5.74) is 3.49. The molecule has 158 valence electrons. The number of benzene rings is 2. The van der Waals surface area contributed by atoms with Gasteiger partial charge in [-0.05, 0) is 17.7 Å². The van der Waals surface area contributed by atoms with Crippen molar-refractivity contribution < 1.29 is 10.2 Å². The molecule has 2 aromatic heterocycles. The summed E-state index contributed by atoms with van der Waals surface area (Å²) < 4.78 is 4.01. The summed E-state index contributed by atoms with van der Waals surface area (Å²) in [5, 5.41) is 23.2. The molecule has 10 nitrogen and oxygen atoms in total. The molecule has 0 fully saturated rings. The van der Waals surface area contributed by atoms with Gasteiger partial charge in [-0.25, -0.2) is 10.2 Å². The Labute approximate surface area is 176 Å². The fourth-order valence-electron chi connectivity index (χ4n) is 3.25. The monoisotopic (exact) mass is 420 g/mol. The van der Waals surface area contributed by atoms with Crippen molar-refractivity contribution >= 4 is 23.3 Å². The van der Waals surface area contributed by atoms with Crippen LogP contribution in [0, 0.1) is 0 Å². The van der Waals surface area contributed by atoms with Crippen LogP contribution >= 0.6 is 0 Å². The van der Waals surface area contributed by atoms with E-state index in [0.717, 1.165) is 5.56 Å². The van der Waals surface area contributed by atoms with E-state index in [-0.39, 0.29) is 35.2 Å². The highest BCUT2D eigenvalue weighted by Crippen LogP contribution is 2.21. The van der Waals surface area contributed by atoms with Gasteiger partial charge in [0.1, 0.15) is 11.5 Å². The van der Waals surface area contributed by atoms with Crippen molar-refractivity contribution in [1.29, 1.82) is 0 Å². The third-order valence-corrected chi connectivity index (χ3v) is 4.93. The molecule has 3 N–H and O–H groups in total. The summed E-state index contributed by atoms with van der Waals surface area (Å²) in [4.78, 5) is 30.2. The zero-order valence-electron chi connectivity index (χ0n) is 16.9. The number of aromatic hydroxyl groups is 2. The maximum atomic E-state index is 13.1. The number of nitrogens with one attached hydrogen (secondary N) is 1. The van der Waals surface area contributed by atoms with E-state index < -0.39 is 11.2 Å². The number of aromatic nitrogens is 4. The second-order valence-corrected chi connectivity index (χ2v) is 7.00. The van der Waals surface area contributed by atoms with Gasteiger partial charge in [0.2, 0.25) is 5.95 Å². The minimum atomic E-state index is -0.469. The van der Waals surface area contributed by atoms with Gasteiger partial charge in [-0.1, -0.05) is 30.3 Å². The Bertz CT molecular complexity index is 1420. The topological polar surface area (TPSA) is 127 Å². The number of imidazole rings is 1. The van der Waals surface area contributed by atoms with E-state index in [4.69, 9.17) is 0 Å². The first-order chi connectivity index (χ1) is 14.9. The molecule has 0 amide bonds.